The summed E-state index contributed by atoms with van der Waals surface area (Å²) in [5, 5.41) is 3.45. The minimum atomic E-state index is 0.339. The molecule has 3 nitrogen and oxygen atoms in total. The Balaban J connectivity index is 1.57. The van der Waals surface area contributed by atoms with Crippen LogP contribution in [0.25, 0.3) is 0 Å². The first-order valence-corrected chi connectivity index (χ1v) is 7.74. The van der Waals surface area contributed by atoms with Crippen LogP contribution in [0.2, 0.25) is 0 Å². The maximum absolute atomic E-state index is 6.02. The van der Waals surface area contributed by atoms with Gasteiger partial charge in [-0.1, -0.05) is 33.1 Å². The minimum Gasteiger partial charge on any atom is -0.376 e. The van der Waals surface area contributed by atoms with Gasteiger partial charge in [-0.3, -0.25) is 0 Å². The van der Waals surface area contributed by atoms with E-state index in [1.165, 1.54) is 38.5 Å². The van der Waals surface area contributed by atoms with Gasteiger partial charge in [-0.05, 0) is 25.7 Å². The molecule has 0 aromatic heterocycles. The highest BCUT2D eigenvalue weighted by atomic mass is 16.5. The van der Waals surface area contributed by atoms with Gasteiger partial charge >= 0.3 is 0 Å². The predicted octanol–water partition coefficient (Wildman–Crippen LogP) is 2.88. The molecule has 2 fully saturated rings. The van der Waals surface area contributed by atoms with E-state index in [-0.39, 0.29) is 0 Å². The van der Waals surface area contributed by atoms with Crippen molar-refractivity contribution in [2.75, 3.05) is 13.2 Å². The fourth-order valence-corrected chi connectivity index (χ4v) is 2.90. The lowest BCUT2D eigenvalue weighted by Crippen LogP contribution is -2.32. The number of rotatable bonds is 6. The van der Waals surface area contributed by atoms with Crippen LogP contribution in [0.4, 0.5) is 0 Å². The van der Waals surface area contributed by atoms with Crippen LogP contribution in [0, 0.1) is 0 Å². The van der Waals surface area contributed by atoms with Crippen molar-refractivity contribution < 1.29 is 9.47 Å². The van der Waals surface area contributed by atoms with Crippen LogP contribution >= 0.6 is 0 Å². The van der Waals surface area contributed by atoms with Crippen molar-refractivity contribution in [1.82, 2.24) is 5.32 Å². The number of hydrogen-bond acceptors (Lipinski definition) is 3. The second kappa shape index (κ2) is 7.46. The smallest absolute Gasteiger partial charge is 0.0814 e. The molecule has 0 aromatic rings. The Morgan fingerprint density at radius 2 is 1.78 bits per heavy atom. The molecule has 1 saturated heterocycles. The molecule has 2 aliphatic rings. The zero-order chi connectivity index (χ0) is 12.8. The third-order valence-electron chi connectivity index (χ3n) is 4.02. The van der Waals surface area contributed by atoms with Gasteiger partial charge in [0.25, 0.3) is 0 Å². The normalized spacial score (nSPS) is 30.2. The van der Waals surface area contributed by atoms with Gasteiger partial charge in [0.05, 0.1) is 24.9 Å². The molecule has 18 heavy (non-hydrogen) atoms. The molecule has 1 saturated carbocycles. The van der Waals surface area contributed by atoms with Gasteiger partial charge in [0.1, 0.15) is 0 Å². The third kappa shape index (κ3) is 4.87. The van der Waals surface area contributed by atoms with Crippen LogP contribution in [0.3, 0.4) is 0 Å². The van der Waals surface area contributed by atoms with E-state index in [1.807, 2.05) is 0 Å². The van der Waals surface area contributed by atoms with E-state index in [9.17, 15) is 0 Å². The monoisotopic (exact) mass is 255 g/mol. The number of nitrogens with one attached hydrogen (secondary N) is 1. The quantitative estimate of drug-likeness (QED) is 0.791. The first-order valence-electron chi connectivity index (χ1n) is 7.74. The third-order valence-corrected chi connectivity index (χ3v) is 4.02. The maximum Gasteiger partial charge on any atom is 0.0814 e. The lowest BCUT2D eigenvalue weighted by molar-refractivity contribution is -0.0500. The van der Waals surface area contributed by atoms with E-state index in [4.69, 9.17) is 9.47 Å². The molecule has 0 amide bonds. The molecule has 0 bridgehead atoms. The van der Waals surface area contributed by atoms with Gasteiger partial charge in [0, 0.05) is 12.6 Å². The zero-order valence-corrected chi connectivity index (χ0v) is 12.0. The predicted molar refractivity (Wildman–Crippen MR) is 73.9 cm³/mol. The molecule has 1 aliphatic carbocycles. The standard InChI is InChI=1S/C15H29NO2/c1-12(2)16-10-14-8-9-15(18-14)11-17-13-6-4-3-5-7-13/h12-16H,3-11H2,1-2H3. The van der Waals surface area contributed by atoms with E-state index in [2.05, 4.69) is 19.2 Å². The van der Waals surface area contributed by atoms with Gasteiger partial charge in [-0.15, -0.1) is 0 Å². The average molecular weight is 255 g/mol. The number of ether oxygens (including phenoxy) is 2. The second-order valence-corrected chi connectivity index (χ2v) is 6.11. The fraction of sp³-hybridized carbons (Fsp3) is 1.00. The summed E-state index contributed by atoms with van der Waals surface area (Å²) < 4.78 is 12.0. The van der Waals surface area contributed by atoms with Crippen molar-refractivity contribution in [1.29, 1.82) is 0 Å². The summed E-state index contributed by atoms with van der Waals surface area (Å²) in [6, 6.07) is 0.547. The number of hydrogen-bond donors (Lipinski definition) is 1. The first-order chi connectivity index (χ1) is 8.74. The molecular formula is C15H29NO2. The summed E-state index contributed by atoms with van der Waals surface area (Å²) >= 11 is 0. The van der Waals surface area contributed by atoms with Crippen LogP contribution in [-0.4, -0.2) is 37.5 Å². The Bertz CT molecular complexity index is 227. The lowest BCUT2D eigenvalue weighted by atomic mass is 9.98. The summed E-state index contributed by atoms with van der Waals surface area (Å²) in [5.74, 6) is 0. The Kier molecular flexibility index (Phi) is 5.93. The molecule has 1 heterocycles. The largest absolute Gasteiger partial charge is 0.376 e. The molecule has 2 unspecified atom stereocenters. The Hall–Kier alpha value is -0.120. The first kappa shape index (κ1) is 14.3. The highest BCUT2D eigenvalue weighted by molar-refractivity contribution is 4.76. The molecule has 2 atom stereocenters. The van der Waals surface area contributed by atoms with Crippen LogP contribution in [0.15, 0.2) is 0 Å². The van der Waals surface area contributed by atoms with E-state index >= 15 is 0 Å². The molecule has 1 aliphatic heterocycles. The van der Waals surface area contributed by atoms with E-state index < -0.39 is 0 Å². The molecular weight excluding hydrogens is 226 g/mol. The SMILES string of the molecule is CC(C)NCC1CCC(COC2CCCCC2)O1. The topological polar surface area (TPSA) is 30.5 Å². The summed E-state index contributed by atoms with van der Waals surface area (Å²) in [5.41, 5.74) is 0. The van der Waals surface area contributed by atoms with Crippen molar-refractivity contribution in [2.45, 2.75) is 83.1 Å². The zero-order valence-electron chi connectivity index (χ0n) is 12.0. The van der Waals surface area contributed by atoms with Crippen LogP contribution in [-0.2, 0) is 9.47 Å². The summed E-state index contributed by atoms with van der Waals surface area (Å²) in [6.45, 7) is 6.15. The maximum atomic E-state index is 6.02. The van der Waals surface area contributed by atoms with Crippen molar-refractivity contribution >= 4 is 0 Å². The lowest BCUT2D eigenvalue weighted by Gasteiger charge is -2.24. The Morgan fingerprint density at radius 3 is 2.50 bits per heavy atom. The van der Waals surface area contributed by atoms with Crippen molar-refractivity contribution in [2.24, 2.45) is 0 Å². The van der Waals surface area contributed by atoms with Gasteiger partial charge in [0.15, 0.2) is 0 Å². The Labute approximate surface area is 112 Å². The van der Waals surface area contributed by atoms with Crippen molar-refractivity contribution in [3.8, 4) is 0 Å². The summed E-state index contributed by atoms with van der Waals surface area (Å²) in [6.07, 6.45) is 10.2. The van der Waals surface area contributed by atoms with Crippen LogP contribution < -0.4 is 5.32 Å². The van der Waals surface area contributed by atoms with E-state index in [1.54, 1.807) is 0 Å². The fourth-order valence-electron chi connectivity index (χ4n) is 2.90. The van der Waals surface area contributed by atoms with Crippen LogP contribution in [0.1, 0.15) is 58.8 Å². The van der Waals surface area contributed by atoms with E-state index in [0.717, 1.165) is 19.6 Å². The molecule has 106 valence electrons. The Morgan fingerprint density at radius 1 is 1.06 bits per heavy atom. The van der Waals surface area contributed by atoms with Gasteiger partial charge in [0.2, 0.25) is 0 Å². The van der Waals surface area contributed by atoms with Gasteiger partial charge in [-0.25, -0.2) is 0 Å². The molecule has 1 N–H and O–H groups in total. The molecule has 0 spiro atoms. The second-order valence-electron chi connectivity index (χ2n) is 6.11. The van der Waals surface area contributed by atoms with Crippen molar-refractivity contribution in [3.63, 3.8) is 0 Å². The molecule has 2 rings (SSSR count). The minimum absolute atomic E-state index is 0.339. The highest BCUT2D eigenvalue weighted by Gasteiger charge is 2.26. The molecule has 0 aromatic carbocycles. The highest BCUT2D eigenvalue weighted by Crippen LogP contribution is 2.23. The molecule has 0 radical (unpaired) electrons. The van der Waals surface area contributed by atoms with Gasteiger partial charge < -0.3 is 14.8 Å². The molecule has 3 heteroatoms. The summed E-state index contributed by atoms with van der Waals surface area (Å²) in [4.78, 5) is 0. The van der Waals surface area contributed by atoms with E-state index in [0.29, 0.717) is 24.4 Å². The average Bonchev–Trinajstić information content (AvgIpc) is 2.83. The van der Waals surface area contributed by atoms with Crippen LogP contribution in [0.5, 0.6) is 0 Å². The van der Waals surface area contributed by atoms with Crippen molar-refractivity contribution in [3.05, 3.63) is 0 Å². The summed E-state index contributed by atoms with van der Waals surface area (Å²) in [7, 11) is 0. The van der Waals surface area contributed by atoms with Gasteiger partial charge in [-0.2, -0.15) is 0 Å².